The second-order valence-electron chi connectivity index (χ2n) is 10.4. The minimum absolute atomic E-state index is 0.110. The second kappa shape index (κ2) is 13.0. The van der Waals surface area contributed by atoms with Crippen LogP contribution in [-0.2, 0) is 33.7 Å². The SMILES string of the molecule is CC[C@H]1O[C@@H](n2ccc(NC(C)=O)nc2=O)C(OCOCCC#N)[C@H]1O[P@]1O[C@@](C)(c2ccccc2)[C@H]2CCCN21. The van der Waals surface area contributed by atoms with Crippen LogP contribution in [0.15, 0.2) is 47.4 Å². The number of fused-ring (bicyclic) bond motifs is 1. The summed E-state index contributed by atoms with van der Waals surface area (Å²) in [5.41, 5.74) is -0.0233. The number of hydrogen-bond donors (Lipinski definition) is 1. The molecule has 1 amide bonds. The standard InChI is InChI=1S/C28H36N5O7P/c1-4-21-24(39-41-33-15-8-12-22(33)28(3,40-41)20-10-6-5-7-11-20)25(37-18-36-17-9-14-29)26(38-21)32-16-13-23(30-19(2)34)31-27(32)35/h5-7,10-11,13,16,21-22,24-26H,4,8-9,12,15,17-18H2,1-3H3,(H,30,31,34,35)/t21-,22-,24+,25?,26-,28+,41-/m1/s1. The van der Waals surface area contributed by atoms with Crippen molar-refractivity contribution in [3.05, 3.63) is 58.6 Å². The van der Waals surface area contributed by atoms with Gasteiger partial charge in [0.2, 0.25) is 5.91 Å². The molecule has 7 atom stereocenters. The molecule has 0 aliphatic carbocycles. The number of anilines is 1. The molecule has 1 aromatic carbocycles. The van der Waals surface area contributed by atoms with E-state index in [0.717, 1.165) is 24.9 Å². The van der Waals surface area contributed by atoms with E-state index in [0.29, 0.717) is 6.42 Å². The van der Waals surface area contributed by atoms with Crippen LogP contribution in [0.1, 0.15) is 58.2 Å². The lowest BCUT2D eigenvalue weighted by molar-refractivity contribution is -0.137. The first-order valence-electron chi connectivity index (χ1n) is 13.9. The maximum absolute atomic E-state index is 13.0. The zero-order valence-corrected chi connectivity index (χ0v) is 24.4. The fourth-order valence-corrected chi connectivity index (χ4v) is 7.86. The highest BCUT2D eigenvalue weighted by molar-refractivity contribution is 7.45. The van der Waals surface area contributed by atoms with Crippen molar-refractivity contribution in [2.75, 3.05) is 25.3 Å². The molecule has 41 heavy (non-hydrogen) atoms. The van der Waals surface area contributed by atoms with E-state index in [9.17, 15) is 9.59 Å². The molecule has 2 aromatic rings. The Labute approximate surface area is 240 Å². The molecule has 0 spiro atoms. The van der Waals surface area contributed by atoms with Gasteiger partial charge in [-0.15, -0.1) is 0 Å². The molecule has 1 unspecified atom stereocenters. The number of carbonyl (C=O) groups excluding carboxylic acids is 1. The summed E-state index contributed by atoms with van der Waals surface area (Å²) in [6, 6.07) is 14.0. The predicted molar refractivity (Wildman–Crippen MR) is 149 cm³/mol. The van der Waals surface area contributed by atoms with Gasteiger partial charge in [-0.05, 0) is 37.8 Å². The number of hydrogen-bond acceptors (Lipinski definition) is 10. The number of benzene rings is 1. The topological polar surface area (TPSA) is 137 Å². The average Bonchev–Trinajstić information content (AvgIpc) is 3.65. The first kappa shape index (κ1) is 29.7. The fraction of sp³-hybridized carbons (Fsp3) is 0.571. The van der Waals surface area contributed by atoms with Crippen molar-refractivity contribution in [1.29, 1.82) is 5.26 Å². The summed E-state index contributed by atoms with van der Waals surface area (Å²) in [6.07, 6.45) is 1.84. The van der Waals surface area contributed by atoms with Crippen LogP contribution in [0.5, 0.6) is 0 Å². The third kappa shape index (κ3) is 6.22. The van der Waals surface area contributed by atoms with Crippen molar-refractivity contribution in [2.45, 2.75) is 82.6 Å². The van der Waals surface area contributed by atoms with E-state index in [1.807, 2.05) is 31.2 Å². The Morgan fingerprint density at radius 2 is 2.10 bits per heavy atom. The molecule has 3 saturated heterocycles. The van der Waals surface area contributed by atoms with Gasteiger partial charge in [0.1, 0.15) is 30.4 Å². The van der Waals surface area contributed by atoms with Crippen LogP contribution < -0.4 is 11.0 Å². The zero-order chi connectivity index (χ0) is 29.0. The number of nitrogens with zero attached hydrogens (tertiary/aromatic N) is 4. The smallest absolute Gasteiger partial charge is 0.351 e. The van der Waals surface area contributed by atoms with Crippen LogP contribution in [0.3, 0.4) is 0 Å². The molecule has 3 aliphatic heterocycles. The maximum Gasteiger partial charge on any atom is 0.351 e. The van der Waals surface area contributed by atoms with Gasteiger partial charge >= 0.3 is 5.69 Å². The molecule has 0 saturated carbocycles. The van der Waals surface area contributed by atoms with E-state index in [1.54, 1.807) is 0 Å². The van der Waals surface area contributed by atoms with Crippen LogP contribution in [-0.4, -0.2) is 64.4 Å². The van der Waals surface area contributed by atoms with E-state index in [1.165, 1.54) is 23.8 Å². The zero-order valence-electron chi connectivity index (χ0n) is 23.5. The van der Waals surface area contributed by atoms with E-state index >= 15 is 0 Å². The lowest BCUT2D eigenvalue weighted by Gasteiger charge is -2.29. The normalized spacial score (nSPS) is 31.2. The Bertz CT molecular complexity index is 1310. The summed E-state index contributed by atoms with van der Waals surface area (Å²) < 4.78 is 35.2. The number of carbonyl (C=O) groups is 1. The molecule has 0 bridgehead atoms. The highest BCUT2D eigenvalue weighted by atomic mass is 31.2. The summed E-state index contributed by atoms with van der Waals surface area (Å²) in [5.74, 6) is -0.180. The van der Waals surface area contributed by atoms with Crippen molar-refractivity contribution in [3.63, 3.8) is 0 Å². The van der Waals surface area contributed by atoms with Gasteiger partial charge in [0.15, 0.2) is 6.23 Å². The maximum atomic E-state index is 13.0. The van der Waals surface area contributed by atoms with Crippen LogP contribution in [0.4, 0.5) is 5.82 Å². The van der Waals surface area contributed by atoms with E-state index in [-0.39, 0.29) is 37.6 Å². The third-order valence-electron chi connectivity index (χ3n) is 7.69. The molecule has 0 radical (unpaired) electrons. The van der Waals surface area contributed by atoms with E-state index in [2.05, 4.69) is 34.0 Å². The first-order chi connectivity index (χ1) is 19.9. The van der Waals surface area contributed by atoms with Crippen molar-refractivity contribution < 1.29 is 28.1 Å². The Morgan fingerprint density at radius 3 is 2.80 bits per heavy atom. The van der Waals surface area contributed by atoms with Crippen molar-refractivity contribution in [2.24, 2.45) is 0 Å². The van der Waals surface area contributed by atoms with E-state index < -0.39 is 44.4 Å². The minimum Gasteiger partial charge on any atom is -0.354 e. The van der Waals surface area contributed by atoms with Gasteiger partial charge in [-0.25, -0.2) is 9.46 Å². The summed E-state index contributed by atoms with van der Waals surface area (Å²) in [5, 5.41) is 11.4. The summed E-state index contributed by atoms with van der Waals surface area (Å²) >= 11 is 0. The number of ether oxygens (including phenoxy) is 3. The van der Waals surface area contributed by atoms with Gasteiger partial charge in [0.25, 0.3) is 8.53 Å². The van der Waals surface area contributed by atoms with Crippen LogP contribution in [0.25, 0.3) is 0 Å². The first-order valence-corrected chi connectivity index (χ1v) is 15.1. The summed E-state index contributed by atoms with van der Waals surface area (Å²) in [6.45, 7) is 6.43. The number of nitriles is 1. The second-order valence-corrected chi connectivity index (χ2v) is 11.8. The monoisotopic (exact) mass is 585 g/mol. The molecule has 5 rings (SSSR count). The largest absolute Gasteiger partial charge is 0.354 e. The number of nitrogens with one attached hydrogen (secondary N) is 1. The molecule has 12 nitrogen and oxygen atoms in total. The molecule has 1 aromatic heterocycles. The molecule has 1 N–H and O–H groups in total. The Kier molecular flexibility index (Phi) is 9.46. The van der Waals surface area contributed by atoms with Crippen LogP contribution >= 0.6 is 8.53 Å². The number of amides is 1. The van der Waals surface area contributed by atoms with Gasteiger partial charge < -0.3 is 28.6 Å². The van der Waals surface area contributed by atoms with E-state index in [4.69, 9.17) is 28.5 Å². The Hall–Kier alpha value is -2.75. The third-order valence-corrected chi connectivity index (χ3v) is 9.55. The average molecular weight is 586 g/mol. The van der Waals surface area contributed by atoms with Crippen molar-refractivity contribution in [3.8, 4) is 6.07 Å². The van der Waals surface area contributed by atoms with Crippen LogP contribution in [0.2, 0.25) is 0 Å². The fourth-order valence-electron chi connectivity index (χ4n) is 5.71. The molecule has 3 fully saturated rings. The Morgan fingerprint density at radius 1 is 1.29 bits per heavy atom. The molecular formula is C28H36N5O7P. The Balaban J connectivity index is 1.41. The number of rotatable bonds is 11. The van der Waals surface area contributed by atoms with Crippen LogP contribution in [0, 0.1) is 11.3 Å². The van der Waals surface area contributed by atoms with Gasteiger partial charge in [-0.2, -0.15) is 10.2 Å². The summed E-state index contributed by atoms with van der Waals surface area (Å²) in [7, 11) is -1.46. The van der Waals surface area contributed by atoms with Gasteiger partial charge in [0.05, 0.1) is 31.2 Å². The van der Waals surface area contributed by atoms with Gasteiger partial charge in [-0.1, -0.05) is 37.3 Å². The van der Waals surface area contributed by atoms with Crippen molar-refractivity contribution in [1.82, 2.24) is 14.2 Å². The molecule has 4 heterocycles. The number of aromatic nitrogens is 2. The quantitative estimate of drug-likeness (QED) is 0.235. The summed E-state index contributed by atoms with van der Waals surface area (Å²) in [4.78, 5) is 28.5. The molecular weight excluding hydrogens is 549 g/mol. The van der Waals surface area contributed by atoms with Gasteiger partial charge in [0, 0.05) is 19.7 Å². The van der Waals surface area contributed by atoms with Crippen molar-refractivity contribution >= 4 is 20.3 Å². The molecule has 13 heteroatoms. The molecule has 3 aliphatic rings. The highest BCUT2D eigenvalue weighted by Crippen LogP contribution is 2.64. The minimum atomic E-state index is -1.46. The lowest BCUT2D eigenvalue weighted by atomic mass is 9.87. The molecule has 220 valence electrons. The lowest BCUT2D eigenvalue weighted by Crippen LogP contribution is -2.39. The predicted octanol–water partition coefficient (Wildman–Crippen LogP) is 3.80. The highest BCUT2D eigenvalue weighted by Gasteiger charge is 2.57. The van der Waals surface area contributed by atoms with Gasteiger partial charge in [-0.3, -0.25) is 9.36 Å².